The Kier molecular flexibility index (Phi) is 4.21. The largest absolute Gasteiger partial charge is 0.355 e. The van der Waals surface area contributed by atoms with Gasteiger partial charge in [0.2, 0.25) is 5.91 Å². The predicted octanol–water partition coefficient (Wildman–Crippen LogP) is 3.03. The molecule has 0 aliphatic heterocycles. The Bertz CT molecular complexity index is 929. The van der Waals surface area contributed by atoms with E-state index < -0.39 is 0 Å². The van der Waals surface area contributed by atoms with E-state index >= 15 is 0 Å². The second-order valence-electron chi connectivity index (χ2n) is 6.52. The first-order valence-electron chi connectivity index (χ1n) is 8.57. The standard InChI is InChI=1S/C18H20ClN5O/c1-10-21-14-4-2-3-12(17(14)22-10)18(25)20-8-7-16-23-13-6-5-11(19)9-15(13)24-16/h5-6,9,12H,2-4,7-8H2,1H3,(H,20,25)(H,21,22)(H,23,24). The molecule has 4 rings (SSSR count). The van der Waals surface area contributed by atoms with E-state index in [9.17, 15) is 4.79 Å². The quantitative estimate of drug-likeness (QED) is 0.670. The van der Waals surface area contributed by atoms with Crippen LogP contribution in [0.4, 0.5) is 0 Å². The van der Waals surface area contributed by atoms with E-state index in [4.69, 9.17) is 11.6 Å². The van der Waals surface area contributed by atoms with Crippen LogP contribution < -0.4 is 5.32 Å². The highest BCUT2D eigenvalue weighted by atomic mass is 35.5. The lowest BCUT2D eigenvalue weighted by Crippen LogP contribution is -2.33. The van der Waals surface area contributed by atoms with Crippen molar-refractivity contribution in [1.29, 1.82) is 0 Å². The van der Waals surface area contributed by atoms with Crippen LogP contribution in [0.2, 0.25) is 5.02 Å². The number of aromatic amines is 2. The summed E-state index contributed by atoms with van der Waals surface area (Å²) >= 11 is 5.99. The van der Waals surface area contributed by atoms with E-state index in [2.05, 4.69) is 25.3 Å². The van der Waals surface area contributed by atoms with Crippen molar-refractivity contribution in [3.05, 3.63) is 46.3 Å². The minimum Gasteiger partial charge on any atom is -0.355 e. The molecule has 0 bridgehead atoms. The lowest BCUT2D eigenvalue weighted by Gasteiger charge is -2.20. The van der Waals surface area contributed by atoms with Gasteiger partial charge < -0.3 is 15.3 Å². The summed E-state index contributed by atoms with van der Waals surface area (Å²) in [6.45, 7) is 2.47. The molecule has 1 aromatic carbocycles. The molecule has 3 N–H and O–H groups in total. The van der Waals surface area contributed by atoms with Crippen LogP contribution in [-0.2, 0) is 17.6 Å². The minimum absolute atomic E-state index is 0.0478. The number of hydrogen-bond acceptors (Lipinski definition) is 3. The molecule has 1 aliphatic rings. The third-order valence-electron chi connectivity index (χ3n) is 4.65. The number of carbonyl (C=O) groups excluding carboxylic acids is 1. The van der Waals surface area contributed by atoms with E-state index in [0.717, 1.165) is 53.3 Å². The number of H-pyrrole nitrogens is 2. The van der Waals surface area contributed by atoms with Gasteiger partial charge >= 0.3 is 0 Å². The Morgan fingerprint density at radius 1 is 1.36 bits per heavy atom. The van der Waals surface area contributed by atoms with Crippen molar-refractivity contribution in [3.8, 4) is 0 Å². The van der Waals surface area contributed by atoms with Gasteiger partial charge in [-0.2, -0.15) is 0 Å². The van der Waals surface area contributed by atoms with Crippen molar-refractivity contribution in [2.75, 3.05) is 6.54 Å². The summed E-state index contributed by atoms with van der Waals surface area (Å²) in [4.78, 5) is 28.1. The molecule has 3 aromatic rings. The Morgan fingerprint density at radius 2 is 2.24 bits per heavy atom. The zero-order chi connectivity index (χ0) is 17.4. The van der Waals surface area contributed by atoms with Gasteiger partial charge in [0, 0.05) is 23.7 Å². The van der Waals surface area contributed by atoms with Crippen LogP contribution in [0.15, 0.2) is 18.2 Å². The minimum atomic E-state index is -0.150. The first-order chi connectivity index (χ1) is 12.1. The van der Waals surface area contributed by atoms with Crippen LogP contribution in [0.5, 0.6) is 0 Å². The van der Waals surface area contributed by atoms with E-state index in [1.54, 1.807) is 0 Å². The number of rotatable bonds is 4. The number of halogens is 1. The van der Waals surface area contributed by atoms with E-state index in [0.29, 0.717) is 18.0 Å². The van der Waals surface area contributed by atoms with E-state index in [1.807, 2.05) is 25.1 Å². The second kappa shape index (κ2) is 6.52. The number of amides is 1. The van der Waals surface area contributed by atoms with Crippen LogP contribution in [0.3, 0.4) is 0 Å². The van der Waals surface area contributed by atoms with Crippen LogP contribution in [0.25, 0.3) is 11.0 Å². The Hall–Kier alpha value is -2.34. The van der Waals surface area contributed by atoms with E-state index in [1.165, 1.54) is 0 Å². The Morgan fingerprint density at radius 3 is 3.12 bits per heavy atom. The van der Waals surface area contributed by atoms with Crippen molar-refractivity contribution >= 4 is 28.5 Å². The summed E-state index contributed by atoms with van der Waals surface area (Å²) in [6.07, 6.45) is 3.49. The number of carbonyl (C=O) groups is 1. The topological polar surface area (TPSA) is 86.5 Å². The van der Waals surface area contributed by atoms with Crippen LogP contribution in [-0.4, -0.2) is 32.4 Å². The molecular weight excluding hydrogens is 338 g/mol. The number of benzene rings is 1. The van der Waals surface area contributed by atoms with Crippen molar-refractivity contribution in [3.63, 3.8) is 0 Å². The summed E-state index contributed by atoms with van der Waals surface area (Å²) in [5, 5.41) is 3.71. The van der Waals surface area contributed by atoms with Gasteiger partial charge in [-0.05, 0) is 44.4 Å². The zero-order valence-electron chi connectivity index (χ0n) is 14.0. The second-order valence-corrected chi connectivity index (χ2v) is 6.95. The summed E-state index contributed by atoms with van der Waals surface area (Å²) in [5.74, 6) is 1.62. The smallest absolute Gasteiger partial charge is 0.229 e. The molecule has 0 radical (unpaired) electrons. The monoisotopic (exact) mass is 357 g/mol. The fourth-order valence-corrected chi connectivity index (χ4v) is 3.66. The molecule has 7 heteroatoms. The lowest BCUT2D eigenvalue weighted by atomic mass is 9.89. The molecule has 0 saturated carbocycles. The number of hydrogen-bond donors (Lipinski definition) is 3. The SMILES string of the molecule is Cc1nc2c([nH]1)CCCC2C(=O)NCCc1nc2ccc(Cl)cc2[nH]1. The maximum Gasteiger partial charge on any atom is 0.229 e. The Balaban J connectivity index is 1.39. The maximum atomic E-state index is 12.6. The highest BCUT2D eigenvalue weighted by Gasteiger charge is 2.29. The van der Waals surface area contributed by atoms with Gasteiger partial charge in [-0.15, -0.1) is 0 Å². The molecule has 1 unspecified atom stereocenters. The zero-order valence-corrected chi connectivity index (χ0v) is 14.8. The van der Waals surface area contributed by atoms with Gasteiger partial charge in [0.1, 0.15) is 11.6 Å². The van der Waals surface area contributed by atoms with Crippen molar-refractivity contribution in [2.24, 2.45) is 0 Å². The number of nitrogens with one attached hydrogen (secondary N) is 3. The molecule has 1 amide bonds. The normalized spacial score (nSPS) is 16.8. The number of nitrogens with zero attached hydrogens (tertiary/aromatic N) is 2. The van der Waals surface area contributed by atoms with Crippen LogP contribution >= 0.6 is 11.6 Å². The van der Waals surface area contributed by atoms with E-state index in [-0.39, 0.29) is 11.8 Å². The fourth-order valence-electron chi connectivity index (χ4n) is 3.49. The number of aromatic nitrogens is 4. The van der Waals surface area contributed by atoms with Gasteiger partial charge in [-0.1, -0.05) is 11.6 Å². The number of aryl methyl sites for hydroxylation is 2. The Labute approximate surface area is 150 Å². The van der Waals surface area contributed by atoms with Crippen molar-refractivity contribution < 1.29 is 4.79 Å². The molecule has 0 saturated heterocycles. The van der Waals surface area contributed by atoms with Crippen molar-refractivity contribution in [2.45, 2.75) is 38.5 Å². The van der Waals surface area contributed by atoms with Gasteiger partial charge in [0.05, 0.1) is 22.6 Å². The van der Waals surface area contributed by atoms with Crippen LogP contribution in [0, 0.1) is 6.92 Å². The summed E-state index contributed by atoms with van der Waals surface area (Å²) in [7, 11) is 0. The average Bonchev–Trinajstić information content (AvgIpc) is 3.15. The molecule has 130 valence electrons. The van der Waals surface area contributed by atoms with Gasteiger partial charge in [0.25, 0.3) is 0 Å². The number of fused-ring (bicyclic) bond motifs is 2. The molecular formula is C18H20ClN5O. The fraction of sp³-hybridized carbons (Fsp3) is 0.389. The lowest BCUT2D eigenvalue weighted by molar-refractivity contribution is -0.122. The highest BCUT2D eigenvalue weighted by molar-refractivity contribution is 6.31. The van der Waals surface area contributed by atoms with Crippen molar-refractivity contribution in [1.82, 2.24) is 25.3 Å². The summed E-state index contributed by atoms with van der Waals surface area (Å²) in [5.41, 5.74) is 3.82. The third-order valence-corrected chi connectivity index (χ3v) is 4.88. The molecule has 6 nitrogen and oxygen atoms in total. The average molecular weight is 358 g/mol. The predicted molar refractivity (Wildman–Crippen MR) is 96.8 cm³/mol. The molecule has 0 fully saturated rings. The van der Waals surface area contributed by atoms with Gasteiger partial charge in [-0.3, -0.25) is 4.79 Å². The van der Waals surface area contributed by atoms with Gasteiger partial charge in [0.15, 0.2) is 0 Å². The molecule has 0 spiro atoms. The third kappa shape index (κ3) is 3.26. The first kappa shape index (κ1) is 16.1. The molecule has 2 heterocycles. The first-order valence-corrected chi connectivity index (χ1v) is 8.95. The summed E-state index contributed by atoms with van der Waals surface area (Å²) in [6, 6.07) is 5.57. The number of imidazole rings is 2. The van der Waals surface area contributed by atoms with Gasteiger partial charge in [-0.25, -0.2) is 9.97 Å². The van der Waals surface area contributed by atoms with Crippen LogP contribution in [0.1, 0.15) is 41.8 Å². The summed E-state index contributed by atoms with van der Waals surface area (Å²) < 4.78 is 0. The molecule has 1 atom stereocenters. The molecule has 1 aliphatic carbocycles. The maximum absolute atomic E-state index is 12.6. The highest BCUT2D eigenvalue weighted by Crippen LogP contribution is 2.30. The molecule has 2 aromatic heterocycles. The molecule has 25 heavy (non-hydrogen) atoms.